The van der Waals surface area contributed by atoms with E-state index >= 15 is 0 Å². The van der Waals surface area contributed by atoms with E-state index in [9.17, 15) is 0 Å². The number of halogens is 2. The number of aromatic nitrogens is 1. The molecule has 0 saturated heterocycles. The van der Waals surface area contributed by atoms with Crippen molar-refractivity contribution in [2.24, 2.45) is 0 Å². The molecule has 2 aromatic rings. The van der Waals surface area contributed by atoms with Crippen molar-refractivity contribution < 1.29 is 0 Å². The van der Waals surface area contributed by atoms with E-state index in [1.165, 1.54) is 11.1 Å². The minimum atomic E-state index is 0.106. The lowest BCUT2D eigenvalue weighted by Gasteiger charge is -2.20. The Balaban J connectivity index is 2.40. The van der Waals surface area contributed by atoms with Crippen LogP contribution in [0.5, 0.6) is 0 Å². The molecule has 0 radical (unpaired) electrons. The largest absolute Gasteiger partial charge is 0.305 e. The van der Waals surface area contributed by atoms with Gasteiger partial charge in [0.05, 0.1) is 11.7 Å². The minimum Gasteiger partial charge on any atom is -0.305 e. The Morgan fingerprint density at radius 1 is 1.19 bits per heavy atom. The fourth-order valence-corrected chi connectivity index (χ4v) is 3.65. The number of hydrogen-bond donors (Lipinski definition) is 1. The second kappa shape index (κ2) is 8.06. The van der Waals surface area contributed by atoms with Crippen molar-refractivity contribution in [2.75, 3.05) is 6.54 Å². The Hall–Kier alpha value is -0.710. The Kier molecular flexibility index (Phi) is 6.40. The van der Waals surface area contributed by atoms with Gasteiger partial charge < -0.3 is 5.32 Å². The van der Waals surface area contributed by atoms with E-state index in [2.05, 4.69) is 80.3 Å². The number of pyridine rings is 1. The van der Waals surface area contributed by atoms with Crippen LogP contribution in [0, 0.1) is 0 Å². The summed E-state index contributed by atoms with van der Waals surface area (Å²) in [6, 6.07) is 10.9. The summed E-state index contributed by atoms with van der Waals surface area (Å²) in [7, 11) is 0. The zero-order chi connectivity index (χ0) is 15.2. The van der Waals surface area contributed by atoms with Crippen LogP contribution in [0.3, 0.4) is 0 Å². The van der Waals surface area contributed by atoms with E-state index in [1.54, 1.807) is 0 Å². The first-order valence-corrected chi connectivity index (χ1v) is 8.87. The fourth-order valence-electron chi connectivity index (χ4n) is 2.43. The average molecular weight is 412 g/mol. The van der Waals surface area contributed by atoms with Crippen LogP contribution in [0.25, 0.3) is 0 Å². The monoisotopic (exact) mass is 410 g/mol. The van der Waals surface area contributed by atoms with Crippen LogP contribution < -0.4 is 5.32 Å². The van der Waals surface area contributed by atoms with Gasteiger partial charge in [-0.1, -0.05) is 44.5 Å². The Bertz CT molecular complexity index is 599. The first-order valence-electron chi connectivity index (χ1n) is 7.28. The van der Waals surface area contributed by atoms with E-state index in [0.29, 0.717) is 0 Å². The number of nitrogens with zero attached hydrogens (tertiary/aromatic N) is 1. The van der Waals surface area contributed by atoms with Crippen molar-refractivity contribution in [3.63, 3.8) is 0 Å². The molecule has 0 amide bonds. The molecule has 0 aliphatic carbocycles. The van der Waals surface area contributed by atoms with Crippen LogP contribution >= 0.6 is 31.9 Å². The van der Waals surface area contributed by atoms with Crippen LogP contribution in [-0.4, -0.2) is 11.5 Å². The van der Waals surface area contributed by atoms with Gasteiger partial charge >= 0.3 is 0 Å². The summed E-state index contributed by atoms with van der Waals surface area (Å²) in [6.45, 7) is 5.23. The quantitative estimate of drug-likeness (QED) is 0.701. The molecular weight excluding hydrogens is 392 g/mol. The third-order valence-electron chi connectivity index (χ3n) is 3.34. The third-order valence-corrected chi connectivity index (χ3v) is 4.41. The summed E-state index contributed by atoms with van der Waals surface area (Å²) in [5, 5.41) is 3.54. The van der Waals surface area contributed by atoms with Crippen molar-refractivity contribution in [1.29, 1.82) is 0 Å². The Labute approximate surface area is 143 Å². The lowest BCUT2D eigenvalue weighted by atomic mass is 9.99. The number of aryl methyl sites for hydroxylation is 1. The highest BCUT2D eigenvalue weighted by atomic mass is 79.9. The molecule has 0 aliphatic heterocycles. The molecule has 1 aromatic carbocycles. The first kappa shape index (κ1) is 16.7. The molecule has 21 heavy (non-hydrogen) atoms. The smallest absolute Gasteiger partial charge is 0.0763 e. The molecule has 0 saturated carbocycles. The number of benzene rings is 1. The molecule has 1 heterocycles. The van der Waals surface area contributed by atoms with Gasteiger partial charge in [0.1, 0.15) is 0 Å². The van der Waals surface area contributed by atoms with Gasteiger partial charge in [0.2, 0.25) is 0 Å². The lowest BCUT2D eigenvalue weighted by Crippen LogP contribution is -2.23. The molecule has 0 spiro atoms. The third kappa shape index (κ3) is 4.38. The molecule has 4 heteroatoms. The summed E-state index contributed by atoms with van der Waals surface area (Å²) < 4.78 is 2.00. The number of nitrogens with one attached hydrogen (secondary N) is 1. The summed E-state index contributed by atoms with van der Waals surface area (Å²) in [6.07, 6.45) is 4.12. The molecule has 1 unspecified atom stereocenters. The number of rotatable bonds is 6. The second-order valence-electron chi connectivity index (χ2n) is 5.01. The van der Waals surface area contributed by atoms with E-state index in [4.69, 9.17) is 0 Å². The highest BCUT2D eigenvalue weighted by molar-refractivity contribution is 9.11. The topological polar surface area (TPSA) is 24.9 Å². The number of hydrogen-bond acceptors (Lipinski definition) is 2. The lowest BCUT2D eigenvalue weighted by molar-refractivity contribution is 0.612. The summed E-state index contributed by atoms with van der Waals surface area (Å²) >= 11 is 7.09. The van der Waals surface area contributed by atoms with Crippen molar-refractivity contribution >= 4 is 31.9 Å². The molecule has 112 valence electrons. The molecule has 1 atom stereocenters. The highest BCUT2D eigenvalue weighted by Gasteiger charge is 2.17. The molecule has 0 fully saturated rings. The van der Waals surface area contributed by atoms with Gasteiger partial charge in [-0.25, -0.2) is 0 Å². The van der Waals surface area contributed by atoms with Crippen LogP contribution in [0.2, 0.25) is 0 Å². The summed E-state index contributed by atoms with van der Waals surface area (Å²) in [4.78, 5) is 4.59. The zero-order valence-electron chi connectivity index (χ0n) is 12.4. The molecule has 2 nitrogen and oxygen atoms in total. The van der Waals surface area contributed by atoms with Gasteiger partial charge in [-0.2, -0.15) is 0 Å². The van der Waals surface area contributed by atoms with Gasteiger partial charge in [-0.15, -0.1) is 0 Å². The summed E-state index contributed by atoms with van der Waals surface area (Å²) in [5.74, 6) is 0. The molecule has 0 bridgehead atoms. The Morgan fingerprint density at radius 2 is 2.00 bits per heavy atom. The van der Waals surface area contributed by atoms with Crippen LogP contribution in [0.4, 0.5) is 0 Å². The molecule has 2 rings (SSSR count). The second-order valence-corrected chi connectivity index (χ2v) is 6.78. The highest BCUT2D eigenvalue weighted by Crippen LogP contribution is 2.29. The maximum atomic E-state index is 4.59. The minimum absolute atomic E-state index is 0.106. The van der Waals surface area contributed by atoms with Crippen LogP contribution in [0.15, 0.2) is 45.5 Å². The zero-order valence-corrected chi connectivity index (χ0v) is 15.5. The van der Waals surface area contributed by atoms with Gasteiger partial charge in [-0.05, 0) is 62.0 Å². The van der Waals surface area contributed by atoms with E-state index < -0.39 is 0 Å². The maximum absolute atomic E-state index is 4.59. The van der Waals surface area contributed by atoms with Crippen molar-refractivity contribution in [3.8, 4) is 0 Å². The van der Waals surface area contributed by atoms with Crippen LogP contribution in [0.1, 0.15) is 43.1 Å². The first-order chi connectivity index (χ1) is 10.2. The predicted molar refractivity (Wildman–Crippen MR) is 95.6 cm³/mol. The van der Waals surface area contributed by atoms with Crippen molar-refractivity contribution in [1.82, 2.24) is 10.3 Å². The summed E-state index contributed by atoms with van der Waals surface area (Å²) in [5.41, 5.74) is 3.66. The SMILES string of the molecule is CCCc1cccc(C(NCC)c2ncc(Br)cc2Br)c1. The van der Waals surface area contributed by atoms with Gasteiger partial charge in [0.15, 0.2) is 0 Å². The van der Waals surface area contributed by atoms with Crippen molar-refractivity contribution in [3.05, 3.63) is 62.3 Å². The van der Waals surface area contributed by atoms with Gasteiger partial charge in [0, 0.05) is 15.1 Å². The fraction of sp³-hybridized carbons (Fsp3) is 0.353. The average Bonchev–Trinajstić information content (AvgIpc) is 2.46. The Morgan fingerprint density at radius 3 is 2.67 bits per heavy atom. The molecule has 1 N–H and O–H groups in total. The van der Waals surface area contributed by atoms with Gasteiger partial charge in [0.25, 0.3) is 0 Å². The molecular formula is C17H20Br2N2. The van der Waals surface area contributed by atoms with E-state index in [1.807, 2.05) is 12.3 Å². The molecule has 0 aliphatic rings. The normalized spacial score (nSPS) is 12.4. The maximum Gasteiger partial charge on any atom is 0.0763 e. The van der Waals surface area contributed by atoms with Crippen molar-refractivity contribution in [2.45, 2.75) is 32.7 Å². The standard InChI is InChI=1S/C17H20Br2N2/c1-3-6-12-7-5-8-13(9-12)16(20-4-2)17-15(19)10-14(18)11-21-17/h5,7-11,16,20H,3-4,6H2,1-2H3. The predicted octanol–water partition coefficient (Wildman–Crippen LogP) is 5.26. The van der Waals surface area contributed by atoms with Crippen LogP contribution in [-0.2, 0) is 6.42 Å². The van der Waals surface area contributed by atoms with E-state index in [-0.39, 0.29) is 6.04 Å². The van der Waals surface area contributed by atoms with Gasteiger partial charge in [-0.3, -0.25) is 4.98 Å². The molecule has 1 aromatic heterocycles. The van der Waals surface area contributed by atoms with E-state index in [0.717, 1.165) is 34.0 Å².